The minimum absolute atomic E-state index is 0.0113. The van der Waals surface area contributed by atoms with Crippen LogP contribution in [0.1, 0.15) is 92.9 Å². The van der Waals surface area contributed by atoms with Gasteiger partial charge < -0.3 is 14.9 Å². The van der Waals surface area contributed by atoms with E-state index in [0.29, 0.717) is 24.0 Å². The Bertz CT molecular complexity index is 567. The molecule has 0 heterocycles. The van der Waals surface area contributed by atoms with E-state index in [1.54, 1.807) is 0 Å². The van der Waals surface area contributed by atoms with E-state index in [1.165, 1.54) is 5.57 Å². The third-order valence-corrected chi connectivity index (χ3v) is 7.67. The molecule has 0 amide bonds. The van der Waals surface area contributed by atoms with Crippen LogP contribution in [0, 0.1) is 23.2 Å². The molecule has 0 bridgehead atoms. The van der Waals surface area contributed by atoms with E-state index in [-0.39, 0.29) is 29.6 Å². The maximum Gasteiger partial charge on any atom is 0.140 e. The van der Waals surface area contributed by atoms with Crippen LogP contribution >= 0.6 is 0 Å². The molecule has 2 N–H and O–H groups in total. The number of ketones is 1. The topological polar surface area (TPSA) is 66.8 Å². The van der Waals surface area contributed by atoms with Crippen LogP contribution in [0.3, 0.4) is 0 Å². The normalized spacial score (nSPS) is 33.2. The van der Waals surface area contributed by atoms with Gasteiger partial charge in [-0.2, -0.15) is 0 Å². The van der Waals surface area contributed by atoms with E-state index in [9.17, 15) is 15.0 Å². The lowest BCUT2D eigenvalue weighted by atomic mass is 9.56. The second kappa shape index (κ2) is 10.5. The van der Waals surface area contributed by atoms with Crippen LogP contribution in [0.25, 0.3) is 0 Å². The van der Waals surface area contributed by atoms with E-state index in [2.05, 4.69) is 33.8 Å². The number of aliphatic hydroxyl groups excluding tert-OH is 2. The minimum Gasteiger partial charge on any atom is -0.393 e. The fourth-order valence-electron chi connectivity index (χ4n) is 5.23. The van der Waals surface area contributed by atoms with Gasteiger partial charge in [0.25, 0.3) is 0 Å². The zero-order valence-electron chi connectivity index (χ0n) is 19.5. The van der Waals surface area contributed by atoms with Crippen LogP contribution in [-0.4, -0.2) is 40.4 Å². The molecule has 0 aromatic rings. The van der Waals surface area contributed by atoms with Crippen molar-refractivity contribution in [3.05, 3.63) is 11.6 Å². The molecular weight excluding hydrogens is 364 g/mol. The van der Waals surface area contributed by atoms with E-state index in [0.717, 1.165) is 44.9 Å². The Labute approximate surface area is 178 Å². The highest BCUT2D eigenvalue weighted by Crippen LogP contribution is 2.53. The van der Waals surface area contributed by atoms with Crippen molar-refractivity contribution in [3.63, 3.8) is 0 Å². The predicted octanol–water partition coefficient (Wildman–Crippen LogP) is 5.06. The third kappa shape index (κ3) is 6.15. The Morgan fingerprint density at radius 2 is 1.79 bits per heavy atom. The molecule has 0 aromatic heterocycles. The summed E-state index contributed by atoms with van der Waals surface area (Å²) in [6.45, 7) is 12.7. The molecule has 2 aliphatic carbocycles. The summed E-state index contributed by atoms with van der Waals surface area (Å²) in [5, 5.41) is 19.9. The fourth-order valence-corrected chi connectivity index (χ4v) is 5.23. The van der Waals surface area contributed by atoms with Gasteiger partial charge in [-0.05, 0) is 56.8 Å². The molecule has 2 aliphatic rings. The fraction of sp³-hybridized carbons (Fsp3) is 0.880. The monoisotopic (exact) mass is 408 g/mol. The number of aliphatic hydroxyl groups is 2. The molecule has 168 valence electrons. The van der Waals surface area contributed by atoms with E-state index >= 15 is 0 Å². The van der Waals surface area contributed by atoms with Gasteiger partial charge in [-0.15, -0.1) is 0 Å². The van der Waals surface area contributed by atoms with Crippen molar-refractivity contribution in [2.45, 2.75) is 117 Å². The lowest BCUT2D eigenvalue weighted by molar-refractivity contribution is -0.132. The van der Waals surface area contributed by atoms with E-state index in [4.69, 9.17) is 4.74 Å². The molecule has 7 unspecified atom stereocenters. The highest BCUT2D eigenvalue weighted by Gasteiger charge is 2.49. The number of rotatable bonds is 10. The molecule has 7 atom stereocenters. The molecule has 0 radical (unpaired) electrons. The van der Waals surface area contributed by atoms with Gasteiger partial charge in [0.2, 0.25) is 0 Å². The Morgan fingerprint density at radius 3 is 2.41 bits per heavy atom. The summed E-state index contributed by atoms with van der Waals surface area (Å²) in [5.41, 5.74) is 1.32. The van der Waals surface area contributed by atoms with Gasteiger partial charge in [-0.3, -0.25) is 4.79 Å². The number of ether oxygens (including phenoxy) is 1. The number of allylic oxidation sites excluding steroid dienone is 1. The summed E-state index contributed by atoms with van der Waals surface area (Å²) in [5.74, 6) is 1.25. The van der Waals surface area contributed by atoms with Crippen LogP contribution in [0.15, 0.2) is 11.6 Å². The summed E-state index contributed by atoms with van der Waals surface area (Å²) in [4.78, 5) is 12.6. The summed E-state index contributed by atoms with van der Waals surface area (Å²) in [6.07, 6.45) is 8.35. The third-order valence-electron chi connectivity index (χ3n) is 7.67. The molecule has 4 nitrogen and oxygen atoms in total. The number of Topliss-reactive ketones (excluding diaryl/α,β-unsaturated/α-hetero) is 1. The molecular formula is C25H44O4. The second-order valence-corrected chi connectivity index (χ2v) is 10.3. The molecule has 0 saturated heterocycles. The molecule has 1 saturated carbocycles. The SMILES string of the molecule is CC(O)CCCCCC(O)C(C)OC1CC=C2CC(=O)C(C(C)C)CC2(C)C1C. The van der Waals surface area contributed by atoms with Gasteiger partial charge in [0.05, 0.1) is 24.4 Å². The summed E-state index contributed by atoms with van der Waals surface area (Å²) >= 11 is 0. The van der Waals surface area contributed by atoms with Crippen molar-refractivity contribution in [2.24, 2.45) is 23.2 Å². The largest absolute Gasteiger partial charge is 0.393 e. The lowest BCUT2D eigenvalue weighted by Crippen LogP contribution is -2.48. The van der Waals surface area contributed by atoms with Gasteiger partial charge in [0.1, 0.15) is 5.78 Å². The highest BCUT2D eigenvalue weighted by molar-refractivity contribution is 5.85. The van der Waals surface area contributed by atoms with Crippen molar-refractivity contribution < 1.29 is 19.7 Å². The number of fused-ring (bicyclic) bond motifs is 1. The molecule has 0 aromatic carbocycles. The first kappa shape index (κ1) is 24.6. The van der Waals surface area contributed by atoms with E-state index in [1.807, 2.05) is 13.8 Å². The van der Waals surface area contributed by atoms with Gasteiger partial charge in [-0.1, -0.05) is 58.6 Å². The van der Waals surface area contributed by atoms with Crippen LogP contribution in [0.5, 0.6) is 0 Å². The quantitative estimate of drug-likeness (QED) is 0.392. The van der Waals surface area contributed by atoms with Gasteiger partial charge in [-0.25, -0.2) is 0 Å². The van der Waals surface area contributed by atoms with Crippen LogP contribution < -0.4 is 0 Å². The van der Waals surface area contributed by atoms with Gasteiger partial charge in [0.15, 0.2) is 0 Å². The molecule has 0 spiro atoms. The Balaban J connectivity index is 1.91. The summed E-state index contributed by atoms with van der Waals surface area (Å²) in [6, 6.07) is 0. The first-order valence-electron chi connectivity index (χ1n) is 11.8. The molecule has 29 heavy (non-hydrogen) atoms. The van der Waals surface area contributed by atoms with E-state index < -0.39 is 6.10 Å². The second-order valence-electron chi connectivity index (χ2n) is 10.3. The first-order valence-corrected chi connectivity index (χ1v) is 11.8. The average molecular weight is 409 g/mol. The smallest absolute Gasteiger partial charge is 0.140 e. The van der Waals surface area contributed by atoms with Crippen molar-refractivity contribution in [2.75, 3.05) is 0 Å². The molecule has 0 aliphatic heterocycles. The standard InChI is InChI=1S/C25H44O4/c1-16(2)21-15-25(6)18(4)24(13-12-20(25)14-23(21)28)29-19(5)22(27)11-9-7-8-10-17(3)26/h12,16-19,21-22,24,26-27H,7-11,13-15H2,1-6H3. The van der Waals surface area contributed by atoms with Gasteiger partial charge in [0, 0.05) is 12.3 Å². The van der Waals surface area contributed by atoms with Crippen LogP contribution in [0.4, 0.5) is 0 Å². The number of carbonyl (C=O) groups is 1. The van der Waals surface area contributed by atoms with Crippen molar-refractivity contribution in [1.29, 1.82) is 0 Å². The number of carbonyl (C=O) groups excluding carboxylic acids is 1. The number of unbranched alkanes of at least 4 members (excludes halogenated alkanes) is 2. The maximum atomic E-state index is 12.6. The van der Waals surface area contributed by atoms with Crippen molar-refractivity contribution >= 4 is 5.78 Å². The van der Waals surface area contributed by atoms with Crippen molar-refractivity contribution in [1.82, 2.24) is 0 Å². The lowest BCUT2D eigenvalue weighted by Gasteiger charge is -2.50. The Hall–Kier alpha value is -0.710. The first-order chi connectivity index (χ1) is 13.6. The van der Waals surface area contributed by atoms with Crippen LogP contribution in [0.2, 0.25) is 0 Å². The Morgan fingerprint density at radius 1 is 1.14 bits per heavy atom. The van der Waals surface area contributed by atoms with Gasteiger partial charge >= 0.3 is 0 Å². The molecule has 4 heteroatoms. The number of hydrogen-bond acceptors (Lipinski definition) is 4. The van der Waals surface area contributed by atoms with Crippen molar-refractivity contribution in [3.8, 4) is 0 Å². The minimum atomic E-state index is -0.455. The number of hydrogen-bond donors (Lipinski definition) is 2. The predicted molar refractivity (Wildman–Crippen MR) is 118 cm³/mol. The molecule has 1 fully saturated rings. The highest BCUT2D eigenvalue weighted by atomic mass is 16.5. The zero-order valence-corrected chi connectivity index (χ0v) is 19.5. The Kier molecular flexibility index (Phi) is 8.93. The zero-order chi connectivity index (χ0) is 21.8. The molecule has 2 rings (SSSR count). The summed E-state index contributed by atoms with van der Waals surface area (Å²) in [7, 11) is 0. The average Bonchev–Trinajstić information content (AvgIpc) is 2.64. The maximum absolute atomic E-state index is 12.6. The van der Waals surface area contributed by atoms with Crippen LogP contribution in [-0.2, 0) is 9.53 Å². The summed E-state index contributed by atoms with van der Waals surface area (Å²) < 4.78 is 6.38.